The topological polar surface area (TPSA) is 30.2 Å². The summed E-state index contributed by atoms with van der Waals surface area (Å²) in [6.07, 6.45) is 2.59. The van der Waals surface area contributed by atoms with Gasteiger partial charge in [0.1, 0.15) is 13.0 Å². The zero-order chi connectivity index (χ0) is 8.10. The van der Waals surface area contributed by atoms with E-state index >= 15 is 0 Å². The molecule has 0 saturated heterocycles. The van der Waals surface area contributed by atoms with Gasteiger partial charge in [-0.15, -0.1) is 0 Å². The maximum Gasteiger partial charge on any atom is 0.185 e. The quantitative estimate of drug-likeness (QED) is 0.482. The summed E-state index contributed by atoms with van der Waals surface area (Å²) in [4.78, 5) is 10.2. The molecule has 3 heteroatoms. The minimum atomic E-state index is 0.413. The van der Waals surface area contributed by atoms with Crippen molar-refractivity contribution in [1.82, 2.24) is 0 Å². The second-order valence-corrected chi connectivity index (χ2v) is 2.37. The molecule has 0 aromatic carbocycles. The molecule has 0 amide bonds. The van der Waals surface area contributed by atoms with Crippen LogP contribution in [0.4, 0.5) is 0 Å². The Morgan fingerprint density at radius 3 is 3.00 bits per heavy atom. The van der Waals surface area contributed by atoms with Gasteiger partial charge in [0, 0.05) is 0 Å². The predicted molar refractivity (Wildman–Crippen MR) is 44.2 cm³/mol. The standard InChI is InChI=1S/C8H10BO2/c1-9-5-4-7-2-3-8(6-10)11-7/h2-3,6H,4-5H2,1H3. The molecular formula is C8H10BO2. The maximum absolute atomic E-state index is 10.2. The molecule has 1 aromatic heterocycles. The summed E-state index contributed by atoms with van der Waals surface area (Å²) in [6, 6.07) is 3.53. The molecule has 0 bridgehead atoms. The lowest BCUT2D eigenvalue weighted by atomic mass is 9.76. The fourth-order valence-corrected chi connectivity index (χ4v) is 0.879. The predicted octanol–water partition coefficient (Wildman–Crippen LogP) is 1.81. The molecule has 57 valence electrons. The summed E-state index contributed by atoms with van der Waals surface area (Å²) in [7, 11) is 2.07. The van der Waals surface area contributed by atoms with Crippen LogP contribution in [0.2, 0.25) is 13.1 Å². The normalized spacial score (nSPS) is 9.55. The van der Waals surface area contributed by atoms with Crippen LogP contribution in [0.1, 0.15) is 16.3 Å². The Labute approximate surface area is 66.8 Å². The van der Waals surface area contributed by atoms with Crippen molar-refractivity contribution in [3.63, 3.8) is 0 Å². The van der Waals surface area contributed by atoms with Gasteiger partial charge >= 0.3 is 0 Å². The van der Waals surface area contributed by atoms with E-state index in [-0.39, 0.29) is 0 Å². The number of rotatable bonds is 4. The van der Waals surface area contributed by atoms with Gasteiger partial charge in [-0.3, -0.25) is 4.79 Å². The fraction of sp³-hybridized carbons (Fsp3) is 0.375. The van der Waals surface area contributed by atoms with Crippen molar-refractivity contribution in [3.8, 4) is 0 Å². The molecule has 0 aliphatic carbocycles. The van der Waals surface area contributed by atoms with Crippen LogP contribution in [0.25, 0.3) is 0 Å². The second kappa shape index (κ2) is 4.01. The zero-order valence-corrected chi connectivity index (χ0v) is 6.54. The summed E-state index contributed by atoms with van der Waals surface area (Å²) in [5.41, 5.74) is 0. The van der Waals surface area contributed by atoms with E-state index in [1.807, 2.05) is 12.9 Å². The highest BCUT2D eigenvalue weighted by Gasteiger charge is 1.98. The van der Waals surface area contributed by atoms with Crippen LogP contribution in [-0.2, 0) is 6.42 Å². The number of furan rings is 1. The van der Waals surface area contributed by atoms with E-state index in [2.05, 4.69) is 7.28 Å². The van der Waals surface area contributed by atoms with Gasteiger partial charge in [-0.25, -0.2) is 0 Å². The molecule has 0 N–H and O–H groups in total. The molecule has 1 aromatic rings. The Balaban J connectivity index is 2.51. The largest absolute Gasteiger partial charge is 0.458 e. The average molecular weight is 149 g/mol. The number of carbonyl (C=O) groups excluding carboxylic acids is 1. The van der Waals surface area contributed by atoms with Crippen LogP contribution in [0.5, 0.6) is 0 Å². The molecule has 1 heterocycles. The molecule has 0 unspecified atom stereocenters. The van der Waals surface area contributed by atoms with Gasteiger partial charge in [0.15, 0.2) is 12.0 Å². The SMILES string of the molecule is C[B]CCc1ccc(C=O)o1. The zero-order valence-electron chi connectivity index (χ0n) is 6.54. The Kier molecular flexibility index (Phi) is 2.96. The lowest BCUT2D eigenvalue weighted by Gasteiger charge is -1.90. The Hall–Kier alpha value is -0.985. The summed E-state index contributed by atoms with van der Waals surface area (Å²) in [5.74, 6) is 1.29. The Morgan fingerprint density at radius 2 is 2.45 bits per heavy atom. The summed E-state index contributed by atoms with van der Waals surface area (Å²) in [6.45, 7) is 2.00. The van der Waals surface area contributed by atoms with E-state index in [1.54, 1.807) is 6.07 Å². The van der Waals surface area contributed by atoms with Gasteiger partial charge in [0.2, 0.25) is 0 Å². The van der Waals surface area contributed by atoms with Crippen molar-refractivity contribution in [2.75, 3.05) is 0 Å². The van der Waals surface area contributed by atoms with Gasteiger partial charge < -0.3 is 4.42 Å². The lowest BCUT2D eigenvalue weighted by molar-refractivity contribution is 0.109. The first kappa shape index (κ1) is 8.11. The van der Waals surface area contributed by atoms with E-state index in [0.717, 1.165) is 24.8 Å². The number of aldehydes is 1. The minimum absolute atomic E-state index is 0.413. The number of hydrogen-bond donors (Lipinski definition) is 0. The number of hydrogen-bond acceptors (Lipinski definition) is 2. The molecule has 0 spiro atoms. The van der Waals surface area contributed by atoms with Gasteiger partial charge in [-0.05, 0) is 18.6 Å². The second-order valence-electron chi connectivity index (χ2n) is 2.37. The molecule has 0 atom stereocenters. The minimum Gasteiger partial charge on any atom is -0.458 e. The third kappa shape index (κ3) is 2.26. The molecule has 0 aliphatic heterocycles. The summed E-state index contributed by atoms with van der Waals surface area (Å²) in [5, 5.41) is 0. The molecule has 1 radical (unpaired) electrons. The molecule has 0 saturated carbocycles. The van der Waals surface area contributed by atoms with E-state index in [4.69, 9.17) is 4.42 Å². The van der Waals surface area contributed by atoms with Crippen LogP contribution >= 0.6 is 0 Å². The van der Waals surface area contributed by atoms with Gasteiger partial charge in [-0.2, -0.15) is 0 Å². The van der Waals surface area contributed by atoms with Crippen molar-refractivity contribution in [1.29, 1.82) is 0 Å². The van der Waals surface area contributed by atoms with Gasteiger partial charge in [0.05, 0.1) is 0 Å². The van der Waals surface area contributed by atoms with Gasteiger partial charge in [0.25, 0.3) is 0 Å². The van der Waals surface area contributed by atoms with E-state index in [9.17, 15) is 4.79 Å². The highest BCUT2D eigenvalue weighted by molar-refractivity contribution is 6.33. The van der Waals surface area contributed by atoms with Crippen LogP contribution < -0.4 is 0 Å². The lowest BCUT2D eigenvalue weighted by Crippen LogP contribution is -1.85. The smallest absolute Gasteiger partial charge is 0.185 e. The Bertz CT molecular complexity index is 230. The van der Waals surface area contributed by atoms with Crippen LogP contribution in [-0.4, -0.2) is 13.6 Å². The molecule has 1 rings (SSSR count). The van der Waals surface area contributed by atoms with Crippen molar-refractivity contribution < 1.29 is 9.21 Å². The van der Waals surface area contributed by atoms with Crippen molar-refractivity contribution >= 4 is 13.6 Å². The molecular weight excluding hydrogens is 139 g/mol. The van der Waals surface area contributed by atoms with Crippen LogP contribution in [0, 0.1) is 0 Å². The van der Waals surface area contributed by atoms with Crippen molar-refractivity contribution in [2.45, 2.75) is 19.6 Å². The van der Waals surface area contributed by atoms with Crippen LogP contribution in [0.15, 0.2) is 16.5 Å². The third-order valence-corrected chi connectivity index (χ3v) is 1.48. The Morgan fingerprint density at radius 1 is 1.64 bits per heavy atom. The monoisotopic (exact) mass is 149 g/mol. The molecule has 0 aliphatic rings. The average Bonchev–Trinajstić information content (AvgIpc) is 2.48. The van der Waals surface area contributed by atoms with Crippen molar-refractivity contribution in [3.05, 3.63) is 23.7 Å². The number of carbonyl (C=O) groups is 1. The molecule has 11 heavy (non-hydrogen) atoms. The highest BCUT2D eigenvalue weighted by Crippen LogP contribution is 2.07. The summed E-state index contributed by atoms with van der Waals surface area (Å²) >= 11 is 0. The summed E-state index contributed by atoms with van der Waals surface area (Å²) < 4.78 is 5.15. The number of aryl methyl sites for hydroxylation is 1. The molecule has 2 nitrogen and oxygen atoms in total. The van der Waals surface area contributed by atoms with E-state index in [0.29, 0.717) is 5.76 Å². The van der Waals surface area contributed by atoms with E-state index < -0.39 is 0 Å². The highest BCUT2D eigenvalue weighted by atomic mass is 16.3. The van der Waals surface area contributed by atoms with Crippen molar-refractivity contribution in [2.24, 2.45) is 0 Å². The van der Waals surface area contributed by atoms with E-state index in [1.165, 1.54) is 0 Å². The first-order valence-corrected chi connectivity index (χ1v) is 3.68. The van der Waals surface area contributed by atoms with Gasteiger partial charge in [-0.1, -0.05) is 13.1 Å². The van der Waals surface area contributed by atoms with Crippen LogP contribution in [0.3, 0.4) is 0 Å². The molecule has 0 fully saturated rings. The maximum atomic E-state index is 10.2. The fourth-order valence-electron chi connectivity index (χ4n) is 0.879. The first-order valence-electron chi connectivity index (χ1n) is 3.68. The third-order valence-electron chi connectivity index (χ3n) is 1.48. The first-order chi connectivity index (χ1) is 5.36.